The molecule has 138 valence electrons. The molecule has 1 aliphatic heterocycles. The number of rotatable bonds is 8. The maximum absolute atomic E-state index is 12.2. The van der Waals surface area contributed by atoms with E-state index in [0.29, 0.717) is 12.3 Å². The Bertz CT molecular complexity index is 603. The van der Waals surface area contributed by atoms with Crippen LogP contribution < -0.4 is 10.1 Å². The number of carbonyl (C=O) groups is 2. The van der Waals surface area contributed by atoms with Gasteiger partial charge in [0.2, 0.25) is 0 Å². The van der Waals surface area contributed by atoms with Crippen LogP contribution in [-0.4, -0.2) is 49.0 Å². The number of aliphatic carboxylic acids is 1. The molecular formula is C17H22ClNO6. The van der Waals surface area contributed by atoms with Gasteiger partial charge in [0.15, 0.2) is 6.61 Å². The molecular weight excluding hydrogens is 350 g/mol. The number of benzene rings is 1. The molecule has 8 heteroatoms. The third-order valence-corrected chi connectivity index (χ3v) is 4.02. The number of ether oxygens (including phenoxy) is 3. The summed E-state index contributed by atoms with van der Waals surface area (Å²) in [5.41, 5.74) is 0.474. The first-order valence-electron chi connectivity index (χ1n) is 8.14. The summed E-state index contributed by atoms with van der Waals surface area (Å²) in [6.07, 6.45) is 2.54. The molecule has 1 aromatic carbocycles. The Morgan fingerprint density at radius 1 is 1.44 bits per heavy atom. The number of halogens is 1. The van der Waals surface area contributed by atoms with E-state index >= 15 is 0 Å². The van der Waals surface area contributed by atoms with Crippen molar-refractivity contribution >= 4 is 29.2 Å². The third kappa shape index (κ3) is 6.53. The molecule has 0 aromatic heterocycles. The van der Waals surface area contributed by atoms with E-state index in [1.54, 1.807) is 13.0 Å². The van der Waals surface area contributed by atoms with Crippen LogP contribution in [0.4, 0.5) is 5.69 Å². The van der Waals surface area contributed by atoms with Crippen LogP contribution in [0, 0.1) is 0 Å². The van der Waals surface area contributed by atoms with E-state index in [9.17, 15) is 9.59 Å². The molecule has 2 unspecified atom stereocenters. The van der Waals surface area contributed by atoms with Crippen LogP contribution in [0.5, 0.6) is 5.75 Å². The van der Waals surface area contributed by atoms with Crippen molar-refractivity contribution in [3.05, 3.63) is 23.2 Å². The smallest absolute Gasteiger partial charge is 0.341 e. The summed E-state index contributed by atoms with van der Waals surface area (Å²) in [5.74, 6) is -1.16. The average Bonchev–Trinajstić information content (AvgIpc) is 2.59. The van der Waals surface area contributed by atoms with E-state index in [1.807, 2.05) is 0 Å². The first-order valence-corrected chi connectivity index (χ1v) is 8.51. The Morgan fingerprint density at radius 2 is 2.24 bits per heavy atom. The van der Waals surface area contributed by atoms with Crippen molar-refractivity contribution in [3.8, 4) is 5.75 Å². The highest BCUT2D eigenvalue weighted by Crippen LogP contribution is 2.27. The third-order valence-electron chi connectivity index (χ3n) is 3.73. The van der Waals surface area contributed by atoms with Crippen LogP contribution in [0.2, 0.25) is 5.02 Å². The summed E-state index contributed by atoms with van der Waals surface area (Å²) < 4.78 is 16.2. The van der Waals surface area contributed by atoms with Crippen molar-refractivity contribution in [3.63, 3.8) is 0 Å². The summed E-state index contributed by atoms with van der Waals surface area (Å²) in [4.78, 5) is 22.7. The Hall–Kier alpha value is -1.83. The van der Waals surface area contributed by atoms with Gasteiger partial charge in [0.25, 0.3) is 5.91 Å². The first kappa shape index (κ1) is 19.5. The number of hydrogen-bond donors (Lipinski definition) is 2. The van der Waals surface area contributed by atoms with Gasteiger partial charge in [0.05, 0.1) is 17.7 Å². The van der Waals surface area contributed by atoms with Gasteiger partial charge in [-0.15, -0.1) is 0 Å². The molecule has 1 heterocycles. The van der Waals surface area contributed by atoms with Crippen molar-refractivity contribution in [2.45, 2.75) is 38.4 Å². The number of carbonyl (C=O) groups excluding carboxylic acids is 1. The average molecular weight is 372 g/mol. The van der Waals surface area contributed by atoms with Crippen molar-refractivity contribution in [2.24, 2.45) is 0 Å². The molecule has 2 rings (SSSR count). The Kier molecular flexibility index (Phi) is 7.49. The summed E-state index contributed by atoms with van der Waals surface area (Å²) in [6, 6.07) is 4.58. The second kappa shape index (κ2) is 9.60. The molecule has 7 nitrogen and oxygen atoms in total. The molecule has 0 spiro atoms. The standard InChI is InChI=1S/C17H22ClNO6/c1-11(24-9-13-4-2-3-7-23-13)17(22)19-12-5-6-15(14(18)8-12)25-10-16(20)21/h5-6,8,11,13H,2-4,7,9-10H2,1H3,(H,19,22)(H,20,21). The number of anilines is 1. The highest BCUT2D eigenvalue weighted by Gasteiger charge is 2.19. The van der Waals surface area contributed by atoms with Gasteiger partial charge in [-0.2, -0.15) is 0 Å². The van der Waals surface area contributed by atoms with Gasteiger partial charge in [0, 0.05) is 12.3 Å². The fourth-order valence-corrected chi connectivity index (χ4v) is 2.58. The maximum atomic E-state index is 12.2. The fraction of sp³-hybridized carbons (Fsp3) is 0.529. The van der Waals surface area contributed by atoms with Crippen LogP contribution in [0.25, 0.3) is 0 Å². The van der Waals surface area contributed by atoms with Gasteiger partial charge in [-0.05, 0) is 44.4 Å². The Morgan fingerprint density at radius 3 is 2.88 bits per heavy atom. The zero-order valence-electron chi connectivity index (χ0n) is 14.0. The first-order chi connectivity index (χ1) is 12.0. The van der Waals surface area contributed by atoms with Gasteiger partial charge in [-0.25, -0.2) is 4.79 Å². The zero-order chi connectivity index (χ0) is 18.2. The minimum absolute atomic E-state index is 0.0455. The quantitative estimate of drug-likeness (QED) is 0.729. The van der Waals surface area contributed by atoms with Crippen molar-refractivity contribution in [1.29, 1.82) is 0 Å². The van der Waals surface area contributed by atoms with Crippen LogP contribution in [-0.2, 0) is 19.1 Å². The molecule has 0 aliphatic carbocycles. The minimum Gasteiger partial charge on any atom is -0.480 e. The summed E-state index contributed by atoms with van der Waals surface area (Å²) in [7, 11) is 0. The largest absolute Gasteiger partial charge is 0.480 e. The Labute approximate surface area is 151 Å². The highest BCUT2D eigenvalue weighted by molar-refractivity contribution is 6.32. The molecule has 1 aliphatic rings. The van der Waals surface area contributed by atoms with Crippen LogP contribution in [0.15, 0.2) is 18.2 Å². The van der Waals surface area contributed by atoms with Crippen LogP contribution in [0.3, 0.4) is 0 Å². The molecule has 2 atom stereocenters. The van der Waals surface area contributed by atoms with E-state index in [0.717, 1.165) is 25.9 Å². The number of carboxylic acids is 1. The van der Waals surface area contributed by atoms with E-state index in [1.165, 1.54) is 12.1 Å². The van der Waals surface area contributed by atoms with Crippen molar-refractivity contribution < 1.29 is 28.9 Å². The lowest BCUT2D eigenvalue weighted by molar-refractivity contribution is -0.139. The lowest BCUT2D eigenvalue weighted by Crippen LogP contribution is -2.32. The molecule has 1 aromatic rings. The predicted molar refractivity (Wildman–Crippen MR) is 92.2 cm³/mol. The summed E-state index contributed by atoms with van der Waals surface area (Å²) in [5, 5.41) is 11.5. The second-order valence-corrected chi connectivity index (χ2v) is 6.19. The number of amides is 1. The predicted octanol–water partition coefficient (Wildman–Crippen LogP) is 2.72. The lowest BCUT2D eigenvalue weighted by atomic mass is 10.1. The molecule has 0 radical (unpaired) electrons. The lowest BCUT2D eigenvalue weighted by Gasteiger charge is -2.24. The van der Waals surface area contributed by atoms with Gasteiger partial charge >= 0.3 is 5.97 Å². The monoisotopic (exact) mass is 371 g/mol. The second-order valence-electron chi connectivity index (χ2n) is 5.78. The molecule has 1 amide bonds. The van der Waals surface area contributed by atoms with Crippen molar-refractivity contribution in [2.75, 3.05) is 25.1 Å². The number of carboxylic acid groups (broad SMARTS) is 1. The highest BCUT2D eigenvalue weighted by atomic mass is 35.5. The maximum Gasteiger partial charge on any atom is 0.341 e. The number of hydrogen-bond acceptors (Lipinski definition) is 5. The van der Waals surface area contributed by atoms with Crippen LogP contribution in [0.1, 0.15) is 26.2 Å². The van der Waals surface area contributed by atoms with Gasteiger partial charge < -0.3 is 24.6 Å². The topological polar surface area (TPSA) is 94.1 Å². The SMILES string of the molecule is CC(OCC1CCCCO1)C(=O)Nc1ccc(OCC(=O)O)c(Cl)c1. The zero-order valence-corrected chi connectivity index (χ0v) is 14.8. The minimum atomic E-state index is -1.10. The molecule has 1 saturated heterocycles. The molecule has 0 bridgehead atoms. The number of nitrogens with one attached hydrogen (secondary N) is 1. The van der Waals surface area contributed by atoms with E-state index < -0.39 is 18.7 Å². The molecule has 0 saturated carbocycles. The van der Waals surface area contributed by atoms with E-state index in [-0.39, 0.29) is 22.8 Å². The van der Waals surface area contributed by atoms with E-state index in [2.05, 4.69) is 5.32 Å². The summed E-state index contributed by atoms with van der Waals surface area (Å²) in [6.45, 7) is 2.31. The molecule has 1 fully saturated rings. The van der Waals surface area contributed by atoms with Crippen LogP contribution >= 0.6 is 11.6 Å². The van der Waals surface area contributed by atoms with Crippen molar-refractivity contribution in [1.82, 2.24) is 0 Å². The summed E-state index contributed by atoms with van der Waals surface area (Å²) >= 11 is 6.02. The van der Waals surface area contributed by atoms with Gasteiger partial charge in [-0.3, -0.25) is 4.79 Å². The van der Waals surface area contributed by atoms with Gasteiger partial charge in [-0.1, -0.05) is 11.6 Å². The fourth-order valence-electron chi connectivity index (χ4n) is 2.35. The van der Waals surface area contributed by atoms with Gasteiger partial charge in [0.1, 0.15) is 11.9 Å². The molecule has 2 N–H and O–H groups in total. The van der Waals surface area contributed by atoms with E-state index in [4.69, 9.17) is 30.9 Å². The molecule has 25 heavy (non-hydrogen) atoms. The Balaban J connectivity index is 1.82. The normalized spacial score (nSPS) is 18.4.